The van der Waals surface area contributed by atoms with E-state index >= 15 is 0 Å². The first-order valence-electron chi connectivity index (χ1n) is 6.00. The Bertz CT molecular complexity index is 338. The van der Waals surface area contributed by atoms with Crippen LogP contribution in [0.25, 0.3) is 0 Å². The maximum absolute atomic E-state index is 5.29. The lowest BCUT2D eigenvalue weighted by atomic mass is 10.1. The molecule has 0 amide bonds. The van der Waals surface area contributed by atoms with Gasteiger partial charge in [0.2, 0.25) is 5.88 Å². The Morgan fingerprint density at radius 2 is 2.18 bits per heavy atom. The summed E-state index contributed by atoms with van der Waals surface area (Å²) >= 11 is 1.68. The molecule has 0 spiro atoms. The summed E-state index contributed by atoms with van der Waals surface area (Å²) in [6.07, 6.45) is 1.20. The molecule has 0 saturated heterocycles. The molecule has 0 aliphatic carbocycles. The van der Waals surface area contributed by atoms with E-state index in [0.717, 1.165) is 24.1 Å². The molecule has 0 bridgehead atoms. The summed E-state index contributed by atoms with van der Waals surface area (Å²) in [5.41, 5.74) is 0. The van der Waals surface area contributed by atoms with Gasteiger partial charge in [-0.25, -0.2) is 0 Å². The molecule has 0 aromatic carbocycles. The lowest BCUT2D eigenvalue weighted by Crippen LogP contribution is -2.20. The summed E-state index contributed by atoms with van der Waals surface area (Å²) in [5, 5.41) is 4.44. The molecule has 1 unspecified atom stereocenters. The molecular weight excluding hydrogens is 234 g/mol. The first-order valence-corrected chi connectivity index (χ1v) is 6.81. The predicted molar refractivity (Wildman–Crippen MR) is 74.2 cm³/mol. The highest BCUT2D eigenvalue weighted by molar-refractivity contribution is 7.15. The Labute approximate surface area is 108 Å². The Hall–Kier alpha value is -0.810. The van der Waals surface area contributed by atoms with Crippen molar-refractivity contribution in [3.05, 3.63) is 4.88 Å². The fraction of sp³-hybridized carbons (Fsp3) is 0.750. The quantitative estimate of drug-likeness (QED) is 0.813. The van der Waals surface area contributed by atoms with Crippen LogP contribution in [-0.4, -0.2) is 32.7 Å². The van der Waals surface area contributed by atoms with Crippen LogP contribution in [0.5, 0.6) is 5.88 Å². The van der Waals surface area contributed by atoms with Crippen LogP contribution < -0.4 is 15.0 Å². The van der Waals surface area contributed by atoms with E-state index in [9.17, 15) is 0 Å². The van der Waals surface area contributed by atoms with E-state index in [0.29, 0.717) is 5.92 Å². The second-order valence-corrected chi connectivity index (χ2v) is 5.53. The van der Waals surface area contributed by atoms with Crippen molar-refractivity contribution in [2.45, 2.75) is 26.8 Å². The molecule has 1 aromatic heterocycles. The summed E-state index contributed by atoms with van der Waals surface area (Å²) < 4.78 is 5.29. The highest BCUT2D eigenvalue weighted by Gasteiger charge is 2.12. The van der Waals surface area contributed by atoms with Crippen molar-refractivity contribution in [3.63, 3.8) is 0 Å². The third-order valence-corrected chi connectivity index (χ3v) is 3.91. The van der Waals surface area contributed by atoms with Crippen LogP contribution in [0.15, 0.2) is 0 Å². The zero-order valence-electron chi connectivity index (χ0n) is 11.4. The second kappa shape index (κ2) is 6.81. The van der Waals surface area contributed by atoms with Gasteiger partial charge in [-0.05, 0) is 12.5 Å². The minimum Gasteiger partial charge on any atom is -0.480 e. The zero-order chi connectivity index (χ0) is 12.8. The Morgan fingerprint density at radius 1 is 1.47 bits per heavy atom. The molecule has 1 rings (SSSR count). The van der Waals surface area contributed by atoms with E-state index in [1.807, 2.05) is 19.0 Å². The van der Waals surface area contributed by atoms with Gasteiger partial charge in [0.25, 0.3) is 0 Å². The highest BCUT2D eigenvalue weighted by Crippen LogP contribution is 2.30. The Kier molecular flexibility index (Phi) is 5.71. The van der Waals surface area contributed by atoms with Gasteiger partial charge in [0.05, 0.1) is 12.0 Å². The molecule has 17 heavy (non-hydrogen) atoms. The summed E-state index contributed by atoms with van der Waals surface area (Å²) in [4.78, 5) is 7.60. The normalized spacial score (nSPS) is 12.5. The number of anilines is 1. The van der Waals surface area contributed by atoms with E-state index < -0.39 is 0 Å². The smallest absolute Gasteiger partial charge is 0.230 e. The maximum Gasteiger partial charge on any atom is 0.230 e. The van der Waals surface area contributed by atoms with Crippen LogP contribution in [0.4, 0.5) is 5.13 Å². The van der Waals surface area contributed by atoms with Crippen LogP contribution >= 0.6 is 11.3 Å². The van der Waals surface area contributed by atoms with Gasteiger partial charge < -0.3 is 15.0 Å². The zero-order valence-corrected chi connectivity index (χ0v) is 12.2. The van der Waals surface area contributed by atoms with Crippen LogP contribution in [0, 0.1) is 5.92 Å². The van der Waals surface area contributed by atoms with Gasteiger partial charge in [0.1, 0.15) is 0 Å². The largest absolute Gasteiger partial charge is 0.480 e. The molecule has 0 aliphatic heterocycles. The first-order chi connectivity index (χ1) is 8.08. The Morgan fingerprint density at radius 3 is 2.71 bits per heavy atom. The van der Waals surface area contributed by atoms with E-state index in [-0.39, 0.29) is 0 Å². The molecule has 0 radical (unpaired) electrons. The number of methoxy groups -OCH3 is 1. The molecule has 0 saturated carbocycles. The van der Waals surface area contributed by atoms with Crippen LogP contribution in [-0.2, 0) is 6.54 Å². The fourth-order valence-corrected chi connectivity index (χ4v) is 2.29. The number of hydrogen-bond donors (Lipinski definition) is 1. The van der Waals surface area contributed by atoms with Crippen molar-refractivity contribution in [1.82, 2.24) is 10.3 Å². The van der Waals surface area contributed by atoms with E-state index in [1.54, 1.807) is 18.4 Å². The Balaban J connectivity index is 2.57. The number of hydrogen-bond acceptors (Lipinski definition) is 5. The van der Waals surface area contributed by atoms with Crippen molar-refractivity contribution in [2.24, 2.45) is 5.92 Å². The number of aromatic nitrogens is 1. The lowest BCUT2D eigenvalue weighted by molar-refractivity contribution is 0.393. The van der Waals surface area contributed by atoms with Crippen LogP contribution in [0.2, 0.25) is 0 Å². The van der Waals surface area contributed by atoms with Gasteiger partial charge in [-0.3, -0.25) is 0 Å². The average Bonchev–Trinajstić information content (AvgIpc) is 2.72. The second-order valence-electron chi connectivity index (χ2n) is 4.47. The fourth-order valence-electron chi connectivity index (χ4n) is 1.36. The van der Waals surface area contributed by atoms with E-state index in [1.165, 1.54) is 11.3 Å². The molecule has 4 nitrogen and oxygen atoms in total. The van der Waals surface area contributed by atoms with Crippen molar-refractivity contribution in [1.29, 1.82) is 0 Å². The number of nitrogens with one attached hydrogen (secondary N) is 1. The standard InChI is InChI=1S/C12H23N3OS/c1-6-9(2)7-13-8-10-11(16-5)14-12(17-10)15(3)4/h9,13H,6-8H2,1-5H3. The molecule has 0 aliphatic rings. The number of ether oxygens (including phenoxy) is 1. The van der Waals surface area contributed by atoms with Crippen molar-refractivity contribution >= 4 is 16.5 Å². The van der Waals surface area contributed by atoms with Crippen molar-refractivity contribution < 1.29 is 4.74 Å². The van der Waals surface area contributed by atoms with E-state index in [2.05, 4.69) is 24.1 Å². The monoisotopic (exact) mass is 257 g/mol. The van der Waals surface area contributed by atoms with Gasteiger partial charge >= 0.3 is 0 Å². The molecule has 1 aromatic rings. The predicted octanol–water partition coefficient (Wildman–Crippen LogP) is 2.35. The lowest BCUT2D eigenvalue weighted by Gasteiger charge is -2.09. The van der Waals surface area contributed by atoms with Gasteiger partial charge in [0.15, 0.2) is 5.13 Å². The summed E-state index contributed by atoms with van der Waals surface area (Å²) in [7, 11) is 5.66. The minimum absolute atomic E-state index is 0.710. The molecule has 98 valence electrons. The van der Waals surface area contributed by atoms with Gasteiger partial charge in [0, 0.05) is 20.6 Å². The highest BCUT2D eigenvalue weighted by atomic mass is 32.1. The molecule has 1 atom stereocenters. The topological polar surface area (TPSA) is 37.4 Å². The number of nitrogens with zero attached hydrogens (tertiary/aromatic N) is 2. The molecule has 1 N–H and O–H groups in total. The van der Waals surface area contributed by atoms with Gasteiger partial charge in [-0.2, -0.15) is 4.98 Å². The molecule has 5 heteroatoms. The van der Waals surface area contributed by atoms with Gasteiger partial charge in [-0.1, -0.05) is 31.6 Å². The third kappa shape index (κ3) is 4.16. The number of thiazole rings is 1. The summed E-state index contributed by atoms with van der Waals surface area (Å²) in [6.45, 7) is 6.33. The van der Waals surface area contributed by atoms with Crippen molar-refractivity contribution in [2.75, 3.05) is 32.6 Å². The van der Waals surface area contributed by atoms with Crippen LogP contribution in [0.3, 0.4) is 0 Å². The SMILES string of the molecule is CCC(C)CNCc1sc(N(C)C)nc1OC. The summed E-state index contributed by atoms with van der Waals surface area (Å²) in [6, 6.07) is 0. The van der Waals surface area contributed by atoms with Crippen LogP contribution in [0.1, 0.15) is 25.1 Å². The molecular formula is C12H23N3OS. The van der Waals surface area contributed by atoms with Gasteiger partial charge in [-0.15, -0.1) is 0 Å². The molecule has 0 fully saturated rings. The molecule has 1 heterocycles. The van der Waals surface area contributed by atoms with E-state index in [4.69, 9.17) is 4.74 Å². The summed E-state index contributed by atoms with van der Waals surface area (Å²) in [5.74, 6) is 1.46. The third-order valence-electron chi connectivity index (χ3n) is 2.70. The number of rotatable bonds is 7. The first kappa shape index (κ1) is 14.3. The maximum atomic E-state index is 5.29. The minimum atomic E-state index is 0.710. The average molecular weight is 257 g/mol. The van der Waals surface area contributed by atoms with Crippen molar-refractivity contribution in [3.8, 4) is 5.88 Å².